The maximum absolute atomic E-state index is 11.1. The smallest absolute Gasteiger partial charge is 0.314 e. The second-order valence-corrected chi connectivity index (χ2v) is 4.58. The highest BCUT2D eigenvalue weighted by Gasteiger charge is 2.19. The molecule has 20 heavy (non-hydrogen) atoms. The average molecular weight is 272 g/mol. The van der Waals surface area contributed by atoms with E-state index in [9.17, 15) is 10.1 Å². The third-order valence-corrected chi connectivity index (χ3v) is 3.09. The molecule has 2 aromatic rings. The first-order chi connectivity index (χ1) is 9.52. The van der Waals surface area contributed by atoms with E-state index in [1.165, 1.54) is 0 Å². The molecule has 2 aromatic carbocycles. The molecule has 2 N–H and O–H groups in total. The molecule has 0 saturated carbocycles. The van der Waals surface area contributed by atoms with Crippen LogP contribution in [-0.2, 0) is 6.54 Å². The van der Waals surface area contributed by atoms with E-state index in [1.807, 2.05) is 19.1 Å². The lowest BCUT2D eigenvalue weighted by atomic mass is 10.1. The van der Waals surface area contributed by atoms with E-state index >= 15 is 0 Å². The van der Waals surface area contributed by atoms with Crippen molar-refractivity contribution in [2.24, 2.45) is 5.73 Å². The van der Waals surface area contributed by atoms with Crippen molar-refractivity contribution in [2.75, 3.05) is 0 Å². The Hall–Kier alpha value is -2.40. The van der Waals surface area contributed by atoms with E-state index in [0.717, 1.165) is 11.1 Å². The molecular weight excluding hydrogens is 256 g/mol. The van der Waals surface area contributed by atoms with Gasteiger partial charge in [0.15, 0.2) is 0 Å². The van der Waals surface area contributed by atoms with Crippen LogP contribution in [0.5, 0.6) is 11.5 Å². The van der Waals surface area contributed by atoms with Gasteiger partial charge in [-0.2, -0.15) is 0 Å². The Labute approximate surface area is 117 Å². The lowest BCUT2D eigenvalue weighted by Gasteiger charge is -2.11. The highest BCUT2D eigenvalue weighted by atomic mass is 16.6. The van der Waals surface area contributed by atoms with Crippen LogP contribution in [0.4, 0.5) is 5.69 Å². The molecule has 0 bridgehead atoms. The predicted molar refractivity (Wildman–Crippen MR) is 77.0 cm³/mol. The van der Waals surface area contributed by atoms with Crippen molar-refractivity contribution < 1.29 is 9.66 Å². The minimum Gasteiger partial charge on any atom is -0.450 e. The number of nitro benzene ring substituents is 1. The average Bonchev–Trinajstić information content (AvgIpc) is 2.41. The third-order valence-electron chi connectivity index (χ3n) is 3.09. The Morgan fingerprint density at radius 1 is 1.15 bits per heavy atom. The summed E-state index contributed by atoms with van der Waals surface area (Å²) in [7, 11) is 0. The zero-order valence-electron chi connectivity index (χ0n) is 11.4. The summed E-state index contributed by atoms with van der Waals surface area (Å²) in [6.45, 7) is 3.97. The van der Waals surface area contributed by atoms with Gasteiger partial charge in [-0.3, -0.25) is 10.1 Å². The van der Waals surface area contributed by atoms with E-state index in [2.05, 4.69) is 0 Å². The van der Waals surface area contributed by atoms with Crippen LogP contribution in [0.25, 0.3) is 0 Å². The van der Waals surface area contributed by atoms with Crippen molar-refractivity contribution in [3.63, 3.8) is 0 Å². The topological polar surface area (TPSA) is 78.4 Å². The summed E-state index contributed by atoms with van der Waals surface area (Å²) in [6, 6.07) is 10.6. The number of benzene rings is 2. The van der Waals surface area contributed by atoms with Gasteiger partial charge in [-0.25, -0.2) is 0 Å². The van der Waals surface area contributed by atoms with Gasteiger partial charge in [-0.05, 0) is 37.1 Å². The molecule has 5 heteroatoms. The molecule has 0 aliphatic carbocycles. The van der Waals surface area contributed by atoms with E-state index in [0.29, 0.717) is 17.9 Å². The molecule has 0 aromatic heterocycles. The van der Waals surface area contributed by atoms with Gasteiger partial charge in [-0.1, -0.05) is 24.3 Å². The van der Waals surface area contributed by atoms with Gasteiger partial charge in [0.2, 0.25) is 5.75 Å². The molecule has 5 nitrogen and oxygen atoms in total. The number of hydrogen-bond donors (Lipinski definition) is 1. The van der Waals surface area contributed by atoms with Crippen LogP contribution in [0.2, 0.25) is 0 Å². The number of aryl methyl sites for hydroxylation is 2. The number of rotatable bonds is 4. The molecule has 2 rings (SSSR count). The molecular formula is C15H16N2O3. The van der Waals surface area contributed by atoms with Gasteiger partial charge in [0, 0.05) is 12.1 Å². The maximum atomic E-state index is 11.1. The predicted octanol–water partition coefficient (Wildman–Crippen LogP) is 3.46. The SMILES string of the molecule is Cc1ccc(CN)cc1Oc1cccc(C)c1[N+](=O)[O-]. The van der Waals surface area contributed by atoms with E-state index < -0.39 is 4.92 Å². The molecule has 0 fully saturated rings. The summed E-state index contributed by atoms with van der Waals surface area (Å²) in [5.74, 6) is 0.828. The Bertz CT molecular complexity index is 654. The molecule has 0 unspecified atom stereocenters. The van der Waals surface area contributed by atoms with Crippen molar-refractivity contribution >= 4 is 5.69 Å². The molecule has 0 radical (unpaired) electrons. The normalized spacial score (nSPS) is 10.3. The van der Waals surface area contributed by atoms with Gasteiger partial charge in [0.1, 0.15) is 5.75 Å². The largest absolute Gasteiger partial charge is 0.450 e. The van der Waals surface area contributed by atoms with E-state index in [1.54, 1.807) is 31.2 Å². The Morgan fingerprint density at radius 2 is 1.90 bits per heavy atom. The summed E-state index contributed by atoms with van der Waals surface area (Å²) in [5, 5.41) is 11.1. The molecule has 0 spiro atoms. The Morgan fingerprint density at radius 3 is 2.55 bits per heavy atom. The van der Waals surface area contributed by atoms with Crippen LogP contribution in [0.15, 0.2) is 36.4 Å². The fourth-order valence-corrected chi connectivity index (χ4v) is 1.95. The van der Waals surface area contributed by atoms with Crippen molar-refractivity contribution in [3.05, 3.63) is 63.2 Å². The maximum Gasteiger partial charge on any atom is 0.314 e. The third kappa shape index (κ3) is 2.78. The van der Waals surface area contributed by atoms with Gasteiger partial charge < -0.3 is 10.5 Å². The first-order valence-electron chi connectivity index (χ1n) is 6.24. The molecule has 0 atom stereocenters. The molecule has 104 valence electrons. The monoisotopic (exact) mass is 272 g/mol. The van der Waals surface area contributed by atoms with Crippen LogP contribution in [0.1, 0.15) is 16.7 Å². The van der Waals surface area contributed by atoms with Gasteiger partial charge in [0.25, 0.3) is 0 Å². The molecule has 0 saturated heterocycles. The van der Waals surface area contributed by atoms with Crippen molar-refractivity contribution in [1.82, 2.24) is 0 Å². The van der Waals surface area contributed by atoms with Crippen LogP contribution in [0, 0.1) is 24.0 Å². The molecule has 0 aliphatic heterocycles. The Balaban J connectivity index is 2.45. The van der Waals surface area contributed by atoms with E-state index in [-0.39, 0.29) is 11.4 Å². The number of nitro groups is 1. The van der Waals surface area contributed by atoms with Crippen molar-refractivity contribution in [2.45, 2.75) is 20.4 Å². The minimum atomic E-state index is -0.424. The fourth-order valence-electron chi connectivity index (χ4n) is 1.95. The lowest BCUT2D eigenvalue weighted by Crippen LogP contribution is -1.99. The van der Waals surface area contributed by atoms with Gasteiger partial charge in [0.05, 0.1) is 4.92 Å². The standard InChI is InChI=1S/C15H16N2O3/c1-10-6-7-12(9-16)8-14(10)20-13-5-3-4-11(2)15(13)17(18)19/h3-8H,9,16H2,1-2H3. The zero-order chi connectivity index (χ0) is 14.7. The molecule has 0 heterocycles. The number of hydrogen-bond acceptors (Lipinski definition) is 4. The lowest BCUT2D eigenvalue weighted by molar-refractivity contribution is -0.386. The summed E-state index contributed by atoms with van der Waals surface area (Å²) in [4.78, 5) is 10.7. The number of ether oxygens (including phenoxy) is 1. The van der Waals surface area contributed by atoms with Crippen molar-refractivity contribution in [1.29, 1.82) is 0 Å². The highest BCUT2D eigenvalue weighted by Crippen LogP contribution is 2.35. The van der Waals surface area contributed by atoms with Crippen molar-refractivity contribution in [3.8, 4) is 11.5 Å². The summed E-state index contributed by atoms with van der Waals surface area (Å²) >= 11 is 0. The summed E-state index contributed by atoms with van der Waals surface area (Å²) in [6.07, 6.45) is 0. The Kier molecular flexibility index (Phi) is 4.00. The zero-order valence-corrected chi connectivity index (χ0v) is 11.4. The minimum absolute atomic E-state index is 0.00921. The van der Waals surface area contributed by atoms with Crippen LogP contribution in [-0.4, -0.2) is 4.92 Å². The van der Waals surface area contributed by atoms with E-state index in [4.69, 9.17) is 10.5 Å². The molecule has 0 amide bonds. The fraction of sp³-hybridized carbons (Fsp3) is 0.200. The number of nitrogens with two attached hydrogens (primary N) is 1. The quantitative estimate of drug-likeness (QED) is 0.682. The van der Waals surface area contributed by atoms with Crippen LogP contribution < -0.4 is 10.5 Å². The first-order valence-corrected chi connectivity index (χ1v) is 6.24. The van der Waals surface area contributed by atoms with Crippen LogP contribution >= 0.6 is 0 Å². The second-order valence-electron chi connectivity index (χ2n) is 4.58. The number of para-hydroxylation sites is 1. The van der Waals surface area contributed by atoms with Crippen LogP contribution in [0.3, 0.4) is 0 Å². The molecule has 0 aliphatic rings. The summed E-state index contributed by atoms with van der Waals surface area (Å²) < 4.78 is 5.73. The van der Waals surface area contributed by atoms with Gasteiger partial charge in [-0.15, -0.1) is 0 Å². The second kappa shape index (κ2) is 5.71. The number of nitrogens with zero attached hydrogens (tertiary/aromatic N) is 1. The first kappa shape index (κ1) is 14.0. The highest BCUT2D eigenvalue weighted by molar-refractivity contribution is 5.54. The van der Waals surface area contributed by atoms with Gasteiger partial charge >= 0.3 is 5.69 Å². The summed E-state index contributed by atoms with van der Waals surface area (Å²) in [5.41, 5.74) is 7.98.